The maximum absolute atomic E-state index is 11.0. The van der Waals surface area contributed by atoms with Gasteiger partial charge in [0.2, 0.25) is 0 Å². The standard InChI is InChI=1S/C15H19ClO4/c1-3-11-10(7-9(2)15(17)18)8-12(16)14-13(11)19-5-4-6-20-14/h8-9H,3-7H2,1-2H3,(H,17,18). The first-order valence-electron chi connectivity index (χ1n) is 6.87. The Balaban J connectivity index is 2.45. The molecular formula is C15H19ClO4. The summed E-state index contributed by atoms with van der Waals surface area (Å²) in [6.45, 7) is 4.89. The summed E-state index contributed by atoms with van der Waals surface area (Å²) in [5, 5.41) is 9.56. The number of ether oxygens (including phenoxy) is 2. The molecule has 1 atom stereocenters. The van der Waals surface area contributed by atoms with Crippen LogP contribution in [-0.2, 0) is 17.6 Å². The molecule has 0 bridgehead atoms. The van der Waals surface area contributed by atoms with Gasteiger partial charge in [0, 0.05) is 12.0 Å². The minimum absolute atomic E-state index is 0.439. The van der Waals surface area contributed by atoms with Crippen LogP contribution in [0.3, 0.4) is 0 Å². The minimum atomic E-state index is -0.810. The second-order valence-electron chi connectivity index (χ2n) is 5.00. The fourth-order valence-electron chi connectivity index (χ4n) is 2.38. The molecule has 1 N–H and O–H groups in total. The highest BCUT2D eigenvalue weighted by molar-refractivity contribution is 6.32. The van der Waals surface area contributed by atoms with Crippen molar-refractivity contribution >= 4 is 17.6 Å². The number of aliphatic carboxylic acids is 1. The monoisotopic (exact) mass is 298 g/mol. The predicted octanol–water partition coefficient (Wildman–Crippen LogP) is 3.33. The summed E-state index contributed by atoms with van der Waals surface area (Å²) in [6, 6.07) is 1.81. The zero-order valence-corrected chi connectivity index (χ0v) is 12.5. The van der Waals surface area contributed by atoms with Crippen molar-refractivity contribution in [3.8, 4) is 11.5 Å². The van der Waals surface area contributed by atoms with E-state index >= 15 is 0 Å². The minimum Gasteiger partial charge on any atom is -0.489 e. The Morgan fingerprint density at radius 1 is 1.40 bits per heavy atom. The van der Waals surface area contributed by atoms with Gasteiger partial charge in [-0.1, -0.05) is 25.4 Å². The second-order valence-corrected chi connectivity index (χ2v) is 5.41. The Labute approximate surface area is 123 Å². The summed E-state index contributed by atoms with van der Waals surface area (Å²) in [5.74, 6) is 0.00855. The van der Waals surface area contributed by atoms with Gasteiger partial charge in [0.15, 0.2) is 11.5 Å². The van der Waals surface area contributed by atoms with Crippen molar-refractivity contribution in [3.05, 3.63) is 22.2 Å². The van der Waals surface area contributed by atoms with Crippen molar-refractivity contribution in [3.63, 3.8) is 0 Å². The summed E-state index contributed by atoms with van der Waals surface area (Å²) in [5.41, 5.74) is 1.93. The summed E-state index contributed by atoms with van der Waals surface area (Å²) < 4.78 is 11.4. The highest BCUT2D eigenvalue weighted by Gasteiger charge is 2.23. The molecule has 0 saturated heterocycles. The van der Waals surface area contributed by atoms with Crippen LogP contribution in [0.15, 0.2) is 6.07 Å². The van der Waals surface area contributed by atoms with Gasteiger partial charge in [-0.2, -0.15) is 0 Å². The van der Waals surface area contributed by atoms with Crippen molar-refractivity contribution in [1.82, 2.24) is 0 Å². The van der Waals surface area contributed by atoms with Crippen molar-refractivity contribution in [2.75, 3.05) is 13.2 Å². The van der Waals surface area contributed by atoms with Crippen LogP contribution in [0.4, 0.5) is 0 Å². The Hall–Kier alpha value is -1.42. The lowest BCUT2D eigenvalue weighted by Gasteiger charge is -2.18. The molecule has 4 nitrogen and oxygen atoms in total. The van der Waals surface area contributed by atoms with Crippen LogP contribution >= 0.6 is 11.6 Å². The van der Waals surface area contributed by atoms with Gasteiger partial charge < -0.3 is 14.6 Å². The Kier molecular flexibility index (Phi) is 4.76. The average molecular weight is 299 g/mol. The normalized spacial score (nSPS) is 15.6. The van der Waals surface area contributed by atoms with Gasteiger partial charge in [-0.05, 0) is 24.5 Å². The second kappa shape index (κ2) is 6.35. The number of halogens is 1. The van der Waals surface area contributed by atoms with Crippen LogP contribution in [0.1, 0.15) is 31.4 Å². The van der Waals surface area contributed by atoms with Crippen LogP contribution in [-0.4, -0.2) is 24.3 Å². The Bertz CT molecular complexity index is 513. The molecule has 110 valence electrons. The quantitative estimate of drug-likeness (QED) is 0.926. The molecular weight excluding hydrogens is 280 g/mol. The lowest BCUT2D eigenvalue weighted by Crippen LogP contribution is -2.14. The molecule has 1 heterocycles. The molecule has 2 rings (SSSR count). The van der Waals surface area contributed by atoms with Crippen molar-refractivity contribution < 1.29 is 19.4 Å². The number of carboxylic acid groups (broad SMARTS) is 1. The molecule has 5 heteroatoms. The number of fused-ring (bicyclic) bond motifs is 1. The summed E-state index contributed by atoms with van der Waals surface area (Å²) in [6.07, 6.45) is 2.01. The lowest BCUT2D eigenvalue weighted by molar-refractivity contribution is -0.141. The molecule has 20 heavy (non-hydrogen) atoms. The van der Waals surface area contributed by atoms with Crippen LogP contribution in [0.5, 0.6) is 11.5 Å². The van der Waals surface area contributed by atoms with Gasteiger partial charge in [0.25, 0.3) is 0 Å². The van der Waals surface area contributed by atoms with E-state index in [-0.39, 0.29) is 0 Å². The number of carboxylic acids is 1. The van der Waals surface area contributed by atoms with Gasteiger partial charge in [-0.3, -0.25) is 4.79 Å². The van der Waals surface area contributed by atoms with E-state index in [4.69, 9.17) is 26.2 Å². The SMILES string of the molecule is CCc1c(CC(C)C(=O)O)cc(Cl)c2c1OCCCO2. The third-order valence-electron chi connectivity index (χ3n) is 3.47. The summed E-state index contributed by atoms with van der Waals surface area (Å²) in [7, 11) is 0. The molecule has 1 aromatic rings. The number of carbonyl (C=O) groups is 1. The highest BCUT2D eigenvalue weighted by atomic mass is 35.5. The van der Waals surface area contributed by atoms with Gasteiger partial charge in [0.1, 0.15) is 0 Å². The van der Waals surface area contributed by atoms with Gasteiger partial charge in [-0.15, -0.1) is 0 Å². The highest BCUT2D eigenvalue weighted by Crippen LogP contribution is 2.42. The fourth-order valence-corrected chi connectivity index (χ4v) is 2.65. The lowest BCUT2D eigenvalue weighted by atomic mass is 9.94. The van der Waals surface area contributed by atoms with Crippen LogP contribution < -0.4 is 9.47 Å². The van der Waals surface area contributed by atoms with E-state index in [1.165, 1.54) is 0 Å². The van der Waals surface area contributed by atoms with E-state index in [9.17, 15) is 4.79 Å². The first-order valence-corrected chi connectivity index (χ1v) is 7.25. The topological polar surface area (TPSA) is 55.8 Å². The molecule has 1 aromatic carbocycles. The van der Waals surface area contributed by atoms with Crippen molar-refractivity contribution in [2.45, 2.75) is 33.1 Å². The molecule has 0 radical (unpaired) electrons. The van der Waals surface area contributed by atoms with Gasteiger partial charge in [-0.25, -0.2) is 0 Å². The molecule has 0 spiro atoms. The Morgan fingerprint density at radius 3 is 2.65 bits per heavy atom. The first kappa shape index (κ1) is 15.0. The number of hydrogen-bond donors (Lipinski definition) is 1. The number of hydrogen-bond acceptors (Lipinski definition) is 3. The molecule has 1 aliphatic heterocycles. The maximum Gasteiger partial charge on any atom is 0.306 e. The average Bonchev–Trinajstić information content (AvgIpc) is 2.65. The number of rotatable bonds is 4. The van der Waals surface area contributed by atoms with Crippen LogP contribution in [0.25, 0.3) is 0 Å². The van der Waals surface area contributed by atoms with Crippen molar-refractivity contribution in [2.24, 2.45) is 5.92 Å². The van der Waals surface area contributed by atoms with E-state index in [1.54, 1.807) is 6.92 Å². The fraction of sp³-hybridized carbons (Fsp3) is 0.533. The molecule has 1 unspecified atom stereocenters. The third kappa shape index (κ3) is 3.01. The van der Waals surface area contributed by atoms with E-state index in [2.05, 4.69) is 0 Å². The zero-order chi connectivity index (χ0) is 14.7. The van der Waals surface area contributed by atoms with E-state index in [1.807, 2.05) is 13.0 Å². The zero-order valence-electron chi connectivity index (χ0n) is 11.7. The molecule has 1 aliphatic rings. The van der Waals surface area contributed by atoms with E-state index < -0.39 is 11.9 Å². The van der Waals surface area contributed by atoms with Gasteiger partial charge in [0.05, 0.1) is 24.2 Å². The predicted molar refractivity (Wildman–Crippen MR) is 76.9 cm³/mol. The van der Waals surface area contributed by atoms with Crippen molar-refractivity contribution in [1.29, 1.82) is 0 Å². The third-order valence-corrected chi connectivity index (χ3v) is 3.75. The molecule has 0 saturated carbocycles. The molecule has 0 fully saturated rings. The summed E-state index contributed by atoms with van der Waals surface area (Å²) >= 11 is 6.26. The first-order chi connectivity index (χ1) is 9.54. The summed E-state index contributed by atoms with van der Waals surface area (Å²) in [4.78, 5) is 11.0. The Morgan fingerprint density at radius 2 is 2.05 bits per heavy atom. The van der Waals surface area contributed by atoms with Gasteiger partial charge >= 0.3 is 5.97 Å². The van der Waals surface area contributed by atoms with E-state index in [0.29, 0.717) is 36.2 Å². The van der Waals surface area contributed by atoms with Crippen LogP contribution in [0.2, 0.25) is 5.02 Å². The number of benzene rings is 1. The maximum atomic E-state index is 11.0. The largest absolute Gasteiger partial charge is 0.489 e. The van der Waals surface area contributed by atoms with E-state index in [0.717, 1.165) is 24.0 Å². The molecule has 0 aromatic heterocycles. The molecule has 0 amide bonds. The van der Waals surface area contributed by atoms with Crippen LogP contribution in [0, 0.1) is 5.92 Å². The smallest absolute Gasteiger partial charge is 0.306 e. The molecule has 0 aliphatic carbocycles.